The number of benzene rings is 3. The van der Waals surface area contributed by atoms with Crippen molar-refractivity contribution in [1.82, 2.24) is 0 Å². The molecule has 0 fully saturated rings. The molecule has 3 aromatic rings. The van der Waals surface area contributed by atoms with E-state index in [0.29, 0.717) is 18.1 Å². The number of hydrogen-bond acceptors (Lipinski definition) is 4. The lowest BCUT2D eigenvalue weighted by Crippen LogP contribution is -1.98. The highest BCUT2D eigenvalue weighted by molar-refractivity contribution is 8.04. The summed E-state index contributed by atoms with van der Waals surface area (Å²) in [7, 11) is 1.62. The molecule has 0 saturated carbocycles. The number of Topliss-reactive ketones (excluding diaryl/α,β-unsaturated/α-hetero) is 1. The van der Waals surface area contributed by atoms with Crippen molar-refractivity contribution in [1.29, 1.82) is 0 Å². The van der Waals surface area contributed by atoms with Crippen molar-refractivity contribution >= 4 is 23.6 Å². The van der Waals surface area contributed by atoms with Gasteiger partial charge in [-0.1, -0.05) is 59.8 Å². The van der Waals surface area contributed by atoms with Crippen LogP contribution in [0.3, 0.4) is 0 Å². The Morgan fingerprint density at radius 1 is 0.964 bits per heavy atom. The predicted molar refractivity (Wildman–Crippen MR) is 113 cm³/mol. The fraction of sp³-hybridized carbons (Fsp3) is 0.125. The first-order valence-electron chi connectivity index (χ1n) is 9.04. The summed E-state index contributed by atoms with van der Waals surface area (Å²) in [6.45, 7) is 2.54. The monoisotopic (exact) mass is 388 g/mol. The maximum absolute atomic E-state index is 12.6. The van der Waals surface area contributed by atoms with Crippen LogP contribution in [0.15, 0.2) is 76.5 Å². The van der Waals surface area contributed by atoms with E-state index in [2.05, 4.69) is 31.2 Å². The van der Waals surface area contributed by atoms with Crippen LogP contribution in [-0.4, -0.2) is 12.9 Å². The predicted octanol–water partition coefficient (Wildman–Crippen LogP) is 5.91. The summed E-state index contributed by atoms with van der Waals surface area (Å²) in [6.07, 6.45) is 1.90. The van der Waals surface area contributed by atoms with Crippen LogP contribution in [0.2, 0.25) is 0 Å². The Balaban J connectivity index is 1.52. The Labute approximate surface area is 169 Å². The average Bonchev–Trinajstić information content (AvgIpc) is 3.04. The molecule has 1 aliphatic rings. The molecule has 4 heteroatoms. The second-order valence-electron chi connectivity index (χ2n) is 6.62. The summed E-state index contributed by atoms with van der Waals surface area (Å²) < 4.78 is 11.4. The summed E-state index contributed by atoms with van der Waals surface area (Å²) in [4.78, 5) is 14.3. The standard InChI is InChI=1S/C24H20O3S/c1-16-7-9-17(10-8-16)15-27-20-12-11-18(13-21(20)26-2)14-23-24(25)19-5-3-4-6-22(19)28-23/h3-14H,15H2,1-2H3/b23-14-. The van der Waals surface area contributed by atoms with Crippen molar-refractivity contribution in [3.8, 4) is 11.5 Å². The lowest BCUT2D eigenvalue weighted by atomic mass is 10.1. The molecule has 28 heavy (non-hydrogen) atoms. The first kappa shape index (κ1) is 18.4. The second-order valence-corrected chi connectivity index (χ2v) is 7.70. The summed E-state index contributed by atoms with van der Waals surface area (Å²) in [5, 5.41) is 0. The molecule has 140 valence electrons. The van der Waals surface area contributed by atoms with Gasteiger partial charge in [-0.05, 0) is 48.4 Å². The number of hydrogen-bond donors (Lipinski definition) is 0. The summed E-state index contributed by atoms with van der Waals surface area (Å²) in [5.74, 6) is 1.40. The van der Waals surface area contributed by atoms with Gasteiger partial charge in [0.2, 0.25) is 5.78 Å². The third-order valence-electron chi connectivity index (χ3n) is 4.58. The largest absolute Gasteiger partial charge is 0.493 e. The number of thioether (sulfide) groups is 1. The molecule has 0 aliphatic carbocycles. The van der Waals surface area contributed by atoms with E-state index in [9.17, 15) is 4.79 Å². The maximum atomic E-state index is 12.6. The summed E-state index contributed by atoms with van der Waals surface area (Å²) in [6, 6.07) is 21.7. The molecular formula is C24H20O3S. The average molecular weight is 388 g/mol. The normalized spacial score (nSPS) is 14.2. The van der Waals surface area contributed by atoms with Crippen LogP contribution in [-0.2, 0) is 6.61 Å². The number of fused-ring (bicyclic) bond motifs is 1. The minimum Gasteiger partial charge on any atom is -0.493 e. The molecule has 4 rings (SSSR count). The van der Waals surface area contributed by atoms with Gasteiger partial charge in [0.1, 0.15) is 6.61 Å². The first-order valence-corrected chi connectivity index (χ1v) is 9.85. The Kier molecular flexibility index (Phi) is 5.22. The van der Waals surface area contributed by atoms with Gasteiger partial charge in [-0.25, -0.2) is 0 Å². The highest BCUT2D eigenvalue weighted by Crippen LogP contribution is 2.41. The van der Waals surface area contributed by atoms with Crippen molar-refractivity contribution in [2.24, 2.45) is 0 Å². The van der Waals surface area contributed by atoms with Crippen LogP contribution in [0, 0.1) is 6.92 Å². The quantitative estimate of drug-likeness (QED) is 0.509. The minimum atomic E-state index is 0.0688. The Bertz CT molecular complexity index is 1050. The highest BCUT2D eigenvalue weighted by atomic mass is 32.2. The van der Waals surface area contributed by atoms with Gasteiger partial charge in [0.25, 0.3) is 0 Å². The molecule has 0 spiro atoms. The number of allylic oxidation sites excluding steroid dienone is 1. The second kappa shape index (κ2) is 7.95. The molecule has 0 atom stereocenters. The molecule has 0 aromatic heterocycles. The van der Waals surface area contributed by atoms with Gasteiger partial charge in [0, 0.05) is 10.5 Å². The molecule has 1 aliphatic heterocycles. The Morgan fingerprint density at radius 2 is 1.75 bits per heavy atom. The van der Waals surface area contributed by atoms with E-state index in [1.54, 1.807) is 7.11 Å². The van der Waals surface area contributed by atoms with E-state index in [4.69, 9.17) is 9.47 Å². The fourth-order valence-electron chi connectivity index (χ4n) is 3.03. The number of ketones is 1. The molecular weight excluding hydrogens is 368 g/mol. The van der Waals surface area contributed by atoms with Crippen LogP contribution in [0.5, 0.6) is 11.5 Å². The van der Waals surface area contributed by atoms with E-state index in [1.165, 1.54) is 17.3 Å². The van der Waals surface area contributed by atoms with Gasteiger partial charge in [0.15, 0.2) is 11.5 Å². The third-order valence-corrected chi connectivity index (χ3v) is 5.67. The van der Waals surface area contributed by atoms with E-state index in [0.717, 1.165) is 26.5 Å². The third kappa shape index (κ3) is 3.82. The van der Waals surface area contributed by atoms with Crippen molar-refractivity contribution < 1.29 is 14.3 Å². The van der Waals surface area contributed by atoms with E-state index >= 15 is 0 Å². The van der Waals surface area contributed by atoms with Gasteiger partial charge in [-0.3, -0.25) is 4.79 Å². The molecule has 3 nitrogen and oxygen atoms in total. The van der Waals surface area contributed by atoms with E-state index in [-0.39, 0.29) is 5.78 Å². The van der Waals surface area contributed by atoms with Crippen LogP contribution >= 0.6 is 11.8 Å². The van der Waals surface area contributed by atoms with Crippen molar-refractivity contribution in [3.63, 3.8) is 0 Å². The Morgan fingerprint density at radius 3 is 2.50 bits per heavy atom. The molecule has 0 bridgehead atoms. The number of rotatable bonds is 5. The number of methoxy groups -OCH3 is 1. The molecule has 3 aromatic carbocycles. The van der Waals surface area contributed by atoms with Crippen LogP contribution in [0.4, 0.5) is 0 Å². The number of ether oxygens (including phenoxy) is 2. The van der Waals surface area contributed by atoms with Gasteiger partial charge >= 0.3 is 0 Å². The van der Waals surface area contributed by atoms with Crippen molar-refractivity contribution in [2.75, 3.05) is 7.11 Å². The number of carbonyl (C=O) groups excluding carboxylic acids is 1. The molecule has 0 saturated heterocycles. The molecule has 0 amide bonds. The maximum Gasteiger partial charge on any atom is 0.200 e. The van der Waals surface area contributed by atoms with Crippen molar-refractivity contribution in [3.05, 3.63) is 93.9 Å². The summed E-state index contributed by atoms with van der Waals surface area (Å²) >= 11 is 1.50. The zero-order valence-electron chi connectivity index (χ0n) is 15.8. The lowest BCUT2D eigenvalue weighted by molar-refractivity contribution is 0.104. The number of carbonyl (C=O) groups is 1. The zero-order valence-corrected chi connectivity index (χ0v) is 16.6. The zero-order chi connectivity index (χ0) is 19.5. The van der Waals surface area contributed by atoms with Gasteiger partial charge < -0.3 is 9.47 Å². The van der Waals surface area contributed by atoms with Crippen molar-refractivity contribution in [2.45, 2.75) is 18.4 Å². The van der Waals surface area contributed by atoms with E-state index in [1.807, 2.05) is 48.5 Å². The fourth-order valence-corrected chi connectivity index (χ4v) is 4.08. The van der Waals surface area contributed by atoms with E-state index < -0.39 is 0 Å². The van der Waals surface area contributed by atoms with Gasteiger partial charge in [0.05, 0.1) is 12.0 Å². The lowest BCUT2D eigenvalue weighted by Gasteiger charge is -2.12. The van der Waals surface area contributed by atoms with Gasteiger partial charge in [-0.2, -0.15) is 0 Å². The van der Waals surface area contributed by atoms with Gasteiger partial charge in [-0.15, -0.1) is 0 Å². The topological polar surface area (TPSA) is 35.5 Å². The van der Waals surface area contributed by atoms with Crippen LogP contribution in [0.25, 0.3) is 6.08 Å². The molecule has 0 radical (unpaired) electrons. The SMILES string of the molecule is COc1cc(/C=C2\Sc3ccccc3C2=O)ccc1OCc1ccc(C)cc1. The molecule has 1 heterocycles. The molecule has 0 unspecified atom stereocenters. The first-order chi connectivity index (χ1) is 13.6. The Hall–Kier alpha value is -2.98. The minimum absolute atomic E-state index is 0.0688. The smallest absolute Gasteiger partial charge is 0.200 e. The molecule has 0 N–H and O–H groups in total. The highest BCUT2D eigenvalue weighted by Gasteiger charge is 2.25. The van der Waals surface area contributed by atoms with Crippen LogP contribution in [0.1, 0.15) is 27.0 Å². The van der Waals surface area contributed by atoms with Crippen LogP contribution < -0.4 is 9.47 Å². The summed E-state index contributed by atoms with van der Waals surface area (Å²) in [5.41, 5.74) is 4.00. The number of aryl methyl sites for hydroxylation is 1.